The zero-order chi connectivity index (χ0) is 11.8. The number of aromatic carboxylic acids is 1. The standard InChI is InChI=1S/C13H8O3S/c14-13(15)12-6-8(7-17-12)9-2-1-3-11-10(9)4-5-16-11/h1-7H,(H,14,15). The van der Waals surface area contributed by atoms with Crippen molar-refractivity contribution in [2.75, 3.05) is 0 Å². The van der Waals surface area contributed by atoms with E-state index in [9.17, 15) is 4.79 Å². The van der Waals surface area contributed by atoms with Crippen LogP contribution >= 0.6 is 11.3 Å². The third-order valence-electron chi connectivity index (χ3n) is 2.62. The van der Waals surface area contributed by atoms with Crippen LogP contribution in [-0.2, 0) is 0 Å². The molecule has 0 aliphatic carbocycles. The molecule has 0 aliphatic rings. The highest BCUT2D eigenvalue weighted by Crippen LogP contribution is 2.32. The first-order chi connectivity index (χ1) is 8.25. The highest BCUT2D eigenvalue weighted by Gasteiger charge is 2.11. The van der Waals surface area contributed by atoms with Gasteiger partial charge in [0.15, 0.2) is 0 Å². The Kier molecular flexibility index (Phi) is 2.23. The number of carboxylic acid groups (broad SMARTS) is 1. The molecule has 0 amide bonds. The second kappa shape index (κ2) is 3.75. The highest BCUT2D eigenvalue weighted by atomic mass is 32.1. The molecule has 0 saturated carbocycles. The Morgan fingerprint density at radius 1 is 1.29 bits per heavy atom. The molecule has 4 heteroatoms. The summed E-state index contributed by atoms with van der Waals surface area (Å²) in [7, 11) is 0. The molecular formula is C13H8O3S. The van der Waals surface area contributed by atoms with Gasteiger partial charge in [-0.1, -0.05) is 12.1 Å². The van der Waals surface area contributed by atoms with E-state index in [0.29, 0.717) is 4.88 Å². The maximum Gasteiger partial charge on any atom is 0.345 e. The fourth-order valence-electron chi connectivity index (χ4n) is 1.84. The van der Waals surface area contributed by atoms with E-state index in [4.69, 9.17) is 9.52 Å². The molecule has 0 radical (unpaired) electrons. The Morgan fingerprint density at radius 3 is 2.94 bits per heavy atom. The number of hydrogen-bond donors (Lipinski definition) is 1. The van der Waals surface area contributed by atoms with Crippen LogP contribution in [0.25, 0.3) is 22.1 Å². The number of rotatable bonds is 2. The van der Waals surface area contributed by atoms with Crippen LogP contribution in [0.3, 0.4) is 0 Å². The second-order valence-electron chi connectivity index (χ2n) is 3.64. The zero-order valence-electron chi connectivity index (χ0n) is 8.71. The summed E-state index contributed by atoms with van der Waals surface area (Å²) in [5.41, 5.74) is 2.73. The molecule has 0 saturated heterocycles. The second-order valence-corrected chi connectivity index (χ2v) is 4.55. The van der Waals surface area contributed by atoms with E-state index in [1.165, 1.54) is 11.3 Å². The molecule has 17 heavy (non-hydrogen) atoms. The van der Waals surface area contributed by atoms with Crippen LogP contribution in [0, 0.1) is 0 Å². The molecule has 0 unspecified atom stereocenters. The molecule has 1 N–H and O–H groups in total. The van der Waals surface area contributed by atoms with Crippen molar-refractivity contribution < 1.29 is 14.3 Å². The van der Waals surface area contributed by atoms with E-state index in [2.05, 4.69) is 0 Å². The number of furan rings is 1. The van der Waals surface area contributed by atoms with Crippen LogP contribution in [0.4, 0.5) is 0 Å². The molecule has 84 valence electrons. The molecule has 2 heterocycles. The summed E-state index contributed by atoms with van der Waals surface area (Å²) < 4.78 is 5.32. The smallest absolute Gasteiger partial charge is 0.345 e. The van der Waals surface area contributed by atoms with E-state index in [1.54, 1.807) is 12.3 Å². The highest BCUT2D eigenvalue weighted by molar-refractivity contribution is 7.12. The minimum absolute atomic E-state index is 0.348. The lowest BCUT2D eigenvalue weighted by atomic mass is 10.0. The summed E-state index contributed by atoms with van der Waals surface area (Å²) in [4.78, 5) is 11.2. The molecule has 1 aromatic carbocycles. The Labute approximate surface area is 101 Å². The van der Waals surface area contributed by atoms with Gasteiger partial charge < -0.3 is 9.52 Å². The molecular weight excluding hydrogens is 236 g/mol. The van der Waals surface area contributed by atoms with Crippen molar-refractivity contribution in [1.29, 1.82) is 0 Å². The first-order valence-corrected chi connectivity index (χ1v) is 5.92. The molecule has 0 bridgehead atoms. The quantitative estimate of drug-likeness (QED) is 0.744. The zero-order valence-corrected chi connectivity index (χ0v) is 9.53. The number of benzene rings is 1. The van der Waals surface area contributed by atoms with E-state index >= 15 is 0 Å². The number of fused-ring (bicyclic) bond motifs is 1. The summed E-state index contributed by atoms with van der Waals surface area (Å²) in [6.07, 6.45) is 1.64. The van der Waals surface area contributed by atoms with Crippen molar-refractivity contribution in [3.8, 4) is 11.1 Å². The van der Waals surface area contributed by atoms with Crippen molar-refractivity contribution in [2.24, 2.45) is 0 Å². The van der Waals surface area contributed by atoms with Gasteiger partial charge in [-0.25, -0.2) is 4.79 Å². The SMILES string of the molecule is O=C(O)c1cc(-c2cccc3occc23)cs1. The third kappa shape index (κ3) is 1.62. The van der Waals surface area contributed by atoms with Gasteiger partial charge in [0.05, 0.1) is 6.26 Å². The number of hydrogen-bond acceptors (Lipinski definition) is 3. The summed E-state index contributed by atoms with van der Waals surface area (Å²) in [6, 6.07) is 9.34. The van der Waals surface area contributed by atoms with E-state index in [1.807, 2.05) is 29.6 Å². The van der Waals surface area contributed by atoms with Gasteiger partial charge in [0.1, 0.15) is 10.5 Å². The maximum atomic E-state index is 10.9. The average molecular weight is 244 g/mol. The van der Waals surface area contributed by atoms with Crippen molar-refractivity contribution >= 4 is 28.3 Å². The van der Waals surface area contributed by atoms with Gasteiger partial charge >= 0.3 is 5.97 Å². The van der Waals surface area contributed by atoms with Crippen molar-refractivity contribution in [3.63, 3.8) is 0 Å². The molecule has 3 aromatic rings. The van der Waals surface area contributed by atoms with Gasteiger partial charge in [0.25, 0.3) is 0 Å². The molecule has 0 fully saturated rings. The number of thiophene rings is 1. The molecule has 3 nitrogen and oxygen atoms in total. The van der Waals surface area contributed by atoms with Crippen molar-refractivity contribution in [1.82, 2.24) is 0 Å². The Balaban J connectivity index is 2.19. The van der Waals surface area contributed by atoms with Crippen LogP contribution in [-0.4, -0.2) is 11.1 Å². The molecule has 2 aromatic heterocycles. The van der Waals surface area contributed by atoms with Gasteiger partial charge in [-0.2, -0.15) is 0 Å². The van der Waals surface area contributed by atoms with Crippen LogP contribution in [0.5, 0.6) is 0 Å². The van der Waals surface area contributed by atoms with Gasteiger partial charge in [-0.3, -0.25) is 0 Å². The average Bonchev–Trinajstić information content (AvgIpc) is 2.97. The summed E-state index contributed by atoms with van der Waals surface area (Å²) in [5, 5.41) is 11.8. The lowest BCUT2D eigenvalue weighted by Gasteiger charge is -1.98. The van der Waals surface area contributed by atoms with Crippen LogP contribution in [0.2, 0.25) is 0 Å². The lowest BCUT2D eigenvalue weighted by Crippen LogP contribution is -1.89. The van der Waals surface area contributed by atoms with E-state index in [0.717, 1.165) is 22.1 Å². The van der Waals surface area contributed by atoms with Crippen LogP contribution in [0.15, 0.2) is 46.4 Å². The van der Waals surface area contributed by atoms with Gasteiger partial charge in [0, 0.05) is 5.39 Å². The third-order valence-corrected chi connectivity index (χ3v) is 3.54. The van der Waals surface area contributed by atoms with Gasteiger partial charge in [-0.15, -0.1) is 11.3 Å². The minimum Gasteiger partial charge on any atom is -0.477 e. The normalized spacial score (nSPS) is 10.8. The molecule has 0 aliphatic heterocycles. The lowest BCUT2D eigenvalue weighted by molar-refractivity contribution is 0.0702. The largest absolute Gasteiger partial charge is 0.477 e. The first-order valence-electron chi connectivity index (χ1n) is 5.04. The van der Waals surface area contributed by atoms with Gasteiger partial charge in [-0.05, 0) is 34.7 Å². The maximum absolute atomic E-state index is 10.9. The van der Waals surface area contributed by atoms with Gasteiger partial charge in [0.2, 0.25) is 0 Å². The van der Waals surface area contributed by atoms with E-state index < -0.39 is 5.97 Å². The summed E-state index contributed by atoms with van der Waals surface area (Å²) in [5.74, 6) is -0.888. The predicted octanol–water partition coefficient (Wildman–Crippen LogP) is 3.86. The number of carboxylic acids is 1. The fraction of sp³-hybridized carbons (Fsp3) is 0. The Bertz CT molecular complexity index is 693. The summed E-state index contributed by atoms with van der Waals surface area (Å²) in [6.45, 7) is 0. The Hall–Kier alpha value is -2.07. The van der Waals surface area contributed by atoms with E-state index in [-0.39, 0.29) is 0 Å². The van der Waals surface area contributed by atoms with Crippen molar-refractivity contribution in [2.45, 2.75) is 0 Å². The minimum atomic E-state index is -0.888. The number of carbonyl (C=O) groups is 1. The molecule has 0 atom stereocenters. The molecule has 0 spiro atoms. The van der Waals surface area contributed by atoms with Crippen LogP contribution in [0.1, 0.15) is 9.67 Å². The van der Waals surface area contributed by atoms with Crippen molar-refractivity contribution in [3.05, 3.63) is 46.9 Å². The summed E-state index contributed by atoms with van der Waals surface area (Å²) >= 11 is 1.23. The monoisotopic (exact) mass is 244 g/mol. The molecule has 3 rings (SSSR count). The van der Waals surface area contributed by atoms with Crippen LogP contribution < -0.4 is 0 Å². The first kappa shape index (κ1) is 10.1. The topological polar surface area (TPSA) is 50.4 Å². The Morgan fingerprint density at radius 2 is 2.18 bits per heavy atom. The predicted molar refractivity (Wildman–Crippen MR) is 66.5 cm³/mol. The fourth-order valence-corrected chi connectivity index (χ4v) is 2.58.